The van der Waals surface area contributed by atoms with Gasteiger partial charge in [-0.25, -0.2) is 0 Å². The van der Waals surface area contributed by atoms with Gasteiger partial charge in [0.15, 0.2) is 0 Å². The van der Waals surface area contributed by atoms with Crippen molar-refractivity contribution < 1.29 is 19.1 Å². The fourth-order valence-corrected chi connectivity index (χ4v) is 2.80. The first kappa shape index (κ1) is 23.4. The molecule has 0 aromatic heterocycles. The molecule has 0 amide bonds. The molecular formula is C19H35BrO4. The summed E-state index contributed by atoms with van der Waals surface area (Å²) in [6.45, 7) is 6.61. The van der Waals surface area contributed by atoms with Crippen molar-refractivity contribution in [2.75, 3.05) is 11.9 Å². The lowest BCUT2D eigenvalue weighted by Crippen LogP contribution is -2.24. The Labute approximate surface area is 156 Å². The highest BCUT2D eigenvalue weighted by Crippen LogP contribution is 2.14. The molecule has 0 bridgehead atoms. The van der Waals surface area contributed by atoms with Crippen LogP contribution >= 0.6 is 15.9 Å². The molecule has 0 aliphatic carbocycles. The fraction of sp³-hybridized carbons (Fsp3) is 0.895. The maximum atomic E-state index is 11.8. The van der Waals surface area contributed by atoms with Crippen LogP contribution < -0.4 is 0 Å². The minimum absolute atomic E-state index is 0.0527. The van der Waals surface area contributed by atoms with Crippen molar-refractivity contribution in [3.05, 3.63) is 0 Å². The van der Waals surface area contributed by atoms with Crippen molar-refractivity contribution in [2.24, 2.45) is 5.92 Å². The fourth-order valence-electron chi connectivity index (χ4n) is 2.41. The van der Waals surface area contributed by atoms with Crippen molar-refractivity contribution in [2.45, 2.75) is 91.1 Å². The number of rotatable bonds is 15. The summed E-state index contributed by atoms with van der Waals surface area (Å²) in [6.07, 6.45) is 8.90. The molecule has 0 spiro atoms. The number of esters is 2. The molecule has 0 aromatic rings. The largest absolute Gasteiger partial charge is 0.466 e. The van der Waals surface area contributed by atoms with Gasteiger partial charge in [-0.1, -0.05) is 68.8 Å². The predicted molar refractivity (Wildman–Crippen MR) is 101 cm³/mol. The van der Waals surface area contributed by atoms with E-state index in [9.17, 15) is 9.59 Å². The quantitative estimate of drug-likeness (QED) is 0.207. The zero-order valence-corrected chi connectivity index (χ0v) is 17.2. The second kappa shape index (κ2) is 15.9. The number of halogens is 1. The van der Waals surface area contributed by atoms with E-state index in [1.54, 1.807) is 0 Å². The highest BCUT2D eigenvalue weighted by atomic mass is 79.9. The number of hydrogen-bond acceptors (Lipinski definition) is 4. The standard InChI is InChI=1S/C19H35BrO4/c1-4-11-17(16(2)3)24-19(22)13-12-18(21)23-15-10-8-6-5-7-9-14-20/h16-17H,4-15H2,1-3H3. The van der Waals surface area contributed by atoms with Crippen molar-refractivity contribution in [3.8, 4) is 0 Å². The first-order valence-electron chi connectivity index (χ1n) is 9.42. The highest BCUT2D eigenvalue weighted by Gasteiger charge is 2.18. The van der Waals surface area contributed by atoms with E-state index in [4.69, 9.17) is 9.47 Å². The lowest BCUT2D eigenvalue weighted by atomic mass is 10.0. The summed E-state index contributed by atoms with van der Waals surface area (Å²) in [4.78, 5) is 23.4. The van der Waals surface area contributed by atoms with Gasteiger partial charge in [0.2, 0.25) is 0 Å². The third-order valence-corrected chi connectivity index (χ3v) is 4.48. The van der Waals surface area contributed by atoms with E-state index in [2.05, 4.69) is 22.9 Å². The average molecular weight is 407 g/mol. The van der Waals surface area contributed by atoms with Gasteiger partial charge in [0.25, 0.3) is 0 Å². The van der Waals surface area contributed by atoms with Crippen LogP contribution in [0.4, 0.5) is 0 Å². The molecule has 0 fully saturated rings. The molecule has 24 heavy (non-hydrogen) atoms. The Morgan fingerprint density at radius 1 is 0.917 bits per heavy atom. The van der Waals surface area contributed by atoms with Crippen LogP contribution in [0.25, 0.3) is 0 Å². The summed E-state index contributed by atoms with van der Waals surface area (Å²) >= 11 is 3.42. The number of unbranched alkanes of at least 4 members (excludes halogenated alkanes) is 5. The number of alkyl halides is 1. The van der Waals surface area contributed by atoms with E-state index in [1.165, 1.54) is 25.7 Å². The number of hydrogen-bond donors (Lipinski definition) is 0. The van der Waals surface area contributed by atoms with Gasteiger partial charge in [-0.2, -0.15) is 0 Å². The molecule has 4 nitrogen and oxygen atoms in total. The molecule has 0 rings (SSSR count). The van der Waals surface area contributed by atoms with Crippen LogP contribution in [0.1, 0.15) is 85.0 Å². The summed E-state index contributed by atoms with van der Waals surface area (Å²) in [5.74, 6) is -0.302. The summed E-state index contributed by atoms with van der Waals surface area (Å²) in [5, 5.41) is 1.07. The van der Waals surface area contributed by atoms with Crippen molar-refractivity contribution >= 4 is 27.9 Å². The lowest BCUT2D eigenvalue weighted by molar-refractivity contribution is -0.155. The smallest absolute Gasteiger partial charge is 0.306 e. The maximum absolute atomic E-state index is 11.8. The van der Waals surface area contributed by atoms with Gasteiger partial charge in [-0.3, -0.25) is 9.59 Å². The van der Waals surface area contributed by atoms with Crippen LogP contribution in [0.15, 0.2) is 0 Å². The van der Waals surface area contributed by atoms with Crippen LogP contribution in [0.5, 0.6) is 0 Å². The Kier molecular flexibility index (Phi) is 15.5. The second-order valence-corrected chi connectivity index (χ2v) is 7.38. The van der Waals surface area contributed by atoms with Gasteiger partial charge < -0.3 is 9.47 Å². The zero-order valence-electron chi connectivity index (χ0n) is 15.7. The average Bonchev–Trinajstić information content (AvgIpc) is 2.55. The molecule has 0 aliphatic rings. The molecular weight excluding hydrogens is 372 g/mol. The van der Waals surface area contributed by atoms with E-state index in [1.807, 2.05) is 13.8 Å². The molecule has 0 heterocycles. The van der Waals surface area contributed by atoms with Gasteiger partial charge in [-0.15, -0.1) is 0 Å². The second-order valence-electron chi connectivity index (χ2n) is 6.59. The van der Waals surface area contributed by atoms with Crippen LogP contribution in [0.3, 0.4) is 0 Å². The van der Waals surface area contributed by atoms with Crippen LogP contribution in [-0.4, -0.2) is 30.0 Å². The minimum Gasteiger partial charge on any atom is -0.466 e. The molecule has 1 atom stereocenters. The van der Waals surface area contributed by atoms with Gasteiger partial charge >= 0.3 is 11.9 Å². The molecule has 142 valence electrons. The van der Waals surface area contributed by atoms with Crippen molar-refractivity contribution in [1.29, 1.82) is 0 Å². The molecule has 0 N–H and O–H groups in total. The Balaban J connectivity index is 3.65. The number of carbonyl (C=O) groups excluding carboxylic acids is 2. The Morgan fingerprint density at radius 2 is 1.50 bits per heavy atom. The lowest BCUT2D eigenvalue weighted by Gasteiger charge is -2.20. The number of ether oxygens (including phenoxy) is 2. The first-order valence-corrected chi connectivity index (χ1v) is 10.5. The zero-order chi connectivity index (χ0) is 18.2. The third-order valence-electron chi connectivity index (χ3n) is 3.92. The van der Waals surface area contributed by atoms with Gasteiger partial charge in [0, 0.05) is 5.33 Å². The van der Waals surface area contributed by atoms with Gasteiger partial charge in [-0.05, 0) is 25.2 Å². The summed E-state index contributed by atoms with van der Waals surface area (Å²) in [5.41, 5.74) is 0. The van der Waals surface area contributed by atoms with Crippen molar-refractivity contribution in [1.82, 2.24) is 0 Å². The monoisotopic (exact) mass is 406 g/mol. The summed E-state index contributed by atoms with van der Waals surface area (Å²) in [6, 6.07) is 0. The predicted octanol–water partition coefficient (Wildman–Crippen LogP) is 5.41. The molecule has 1 unspecified atom stereocenters. The van der Waals surface area contributed by atoms with E-state index in [0.717, 1.165) is 31.0 Å². The minimum atomic E-state index is -0.303. The van der Waals surface area contributed by atoms with Crippen LogP contribution in [0, 0.1) is 5.92 Å². The first-order chi connectivity index (χ1) is 11.5. The van der Waals surface area contributed by atoms with Gasteiger partial charge in [0.1, 0.15) is 6.10 Å². The topological polar surface area (TPSA) is 52.6 Å². The maximum Gasteiger partial charge on any atom is 0.306 e. The van der Waals surface area contributed by atoms with E-state index >= 15 is 0 Å². The Bertz CT molecular complexity index is 331. The Morgan fingerprint density at radius 3 is 2.08 bits per heavy atom. The highest BCUT2D eigenvalue weighted by molar-refractivity contribution is 9.09. The Hall–Kier alpha value is -0.580. The number of carbonyl (C=O) groups is 2. The van der Waals surface area contributed by atoms with E-state index in [0.29, 0.717) is 12.5 Å². The molecule has 5 heteroatoms. The van der Waals surface area contributed by atoms with E-state index in [-0.39, 0.29) is 30.9 Å². The molecule has 0 saturated carbocycles. The molecule has 0 aromatic carbocycles. The van der Waals surface area contributed by atoms with Crippen LogP contribution in [-0.2, 0) is 19.1 Å². The SMILES string of the molecule is CCCC(OC(=O)CCC(=O)OCCCCCCCCBr)C(C)C. The normalized spacial score (nSPS) is 12.2. The summed E-state index contributed by atoms with van der Waals surface area (Å²) in [7, 11) is 0. The molecule has 0 radical (unpaired) electrons. The van der Waals surface area contributed by atoms with Crippen LogP contribution in [0.2, 0.25) is 0 Å². The van der Waals surface area contributed by atoms with Gasteiger partial charge in [0.05, 0.1) is 19.4 Å². The van der Waals surface area contributed by atoms with Crippen molar-refractivity contribution in [3.63, 3.8) is 0 Å². The molecule has 0 aliphatic heterocycles. The van der Waals surface area contributed by atoms with E-state index < -0.39 is 0 Å². The molecule has 0 saturated heterocycles. The summed E-state index contributed by atoms with van der Waals surface area (Å²) < 4.78 is 10.6. The third kappa shape index (κ3) is 13.8.